The smallest absolute Gasteiger partial charge is 0.358 e. The summed E-state index contributed by atoms with van der Waals surface area (Å²) in [7, 11) is 0. The molecule has 0 aliphatic carbocycles. The Hall–Kier alpha value is -3.21. The number of esters is 1. The Morgan fingerprint density at radius 3 is 2.69 bits per heavy atom. The van der Waals surface area contributed by atoms with E-state index in [1.165, 1.54) is 0 Å². The van der Waals surface area contributed by atoms with E-state index in [1.807, 2.05) is 42.5 Å². The maximum Gasteiger partial charge on any atom is 0.358 e. The minimum absolute atomic E-state index is 0.206. The maximum atomic E-state index is 12.3. The summed E-state index contributed by atoms with van der Waals surface area (Å²) >= 11 is 0. The quantitative estimate of drug-likeness (QED) is 0.703. The first kappa shape index (κ1) is 17.6. The summed E-state index contributed by atoms with van der Waals surface area (Å²) in [6, 6.07) is 16.8. The minimum atomic E-state index is -0.618. The second-order valence-electron chi connectivity index (χ2n) is 6.29. The molecule has 1 amide bonds. The van der Waals surface area contributed by atoms with Crippen LogP contribution in [-0.4, -0.2) is 23.5 Å². The first-order valence-electron chi connectivity index (χ1n) is 8.45. The Morgan fingerprint density at radius 2 is 1.88 bits per heavy atom. The molecule has 26 heavy (non-hydrogen) atoms. The van der Waals surface area contributed by atoms with Crippen LogP contribution in [0.25, 0.3) is 10.8 Å². The van der Waals surface area contributed by atoms with Gasteiger partial charge in [0.2, 0.25) is 0 Å². The van der Waals surface area contributed by atoms with Crippen molar-refractivity contribution in [3.8, 4) is 0 Å². The van der Waals surface area contributed by atoms with Gasteiger partial charge in [-0.3, -0.25) is 4.79 Å². The SMILES string of the molecule is CC(C)c1cccc(NC(=O)COC(=O)c2nccc3ccccc23)c1. The highest BCUT2D eigenvalue weighted by Crippen LogP contribution is 2.19. The number of fused-ring (bicyclic) bond motifs is 1. The third kappa shape index (κ3) is 4.06. The summed E-state index contributed by atoms with van der Waals surface area (Å²) < 4.78 is 5.13. The molecule has 3 aromatic rings. The third-order valence-electron chi connectivity index (χ3n) is 4.04. The molecule has 5 nitrogen and oxygen atoms in total. The van der Waals surface area contributed by atoms with E-state index < -0.39 is 5.97 Å². The van der Waals surface area contributed by atoms with E-state index in [4.69, 9.17) is 4.74 Å². The summed E-state index contributed by atoms with van der Waals surface area (Å²) in [4.78, 5) is 28.5. The van der Waals surface area contributed by atoms with E-state index in [1.54, 1.807) is 18.3 Å². The van der Waals surface area contributed by atoms with Gasteiger partial charge < -0.3 is 10.1 Å². The Morgan fingerprint density at radius 1 is 1.08 bits per heavy atom. The fraction of sp³-hybridized carbons (Fsp3) is 0.190. The van der Waals surface area contributed by atoms with Crippen molar-refractivity contribution in [2.45, 2.75) is 19.8 Å². The summed E-state index contributed by atoms with van der Waals surface area (Å²) in [5.74, 6) is -0.644. The normalized spacial score (nSPS) is 10.7. The van der Waals surface area contributed by atoms with Crippen LogP contribution in [0.15, 0.2) is 60.8 Å². The van der Waals surface area contributed by atoms with Crippen molar-refractivity contribution in [1.29, 1.82) is 0 Å². The highest BCUT2D eigenvalue weighted by molar-refractivity contribution is 6.03. The van der Waals surface area contributed by atoms with Gasteiger partial charge in [0.1, 0.15) is 0 Å². The summed E-state index contributed by atoms with van der Waals surface area (Å²) in [5.41, 5.74) is 2.01. The summed E-state index contributed by atoms with van der Waals surface area (Å²) in [6.45, 7) is 3.80. The number of anilines is 1. The van der Waals surface area contributed by atoms with Crippen LogP contribution in [0, 0.1) is 0 Å². The number of hydrogen-bond acceptors (Lipinski definition) is 4. The van der Waals surface area contributed by atoms with E-state index in [9.17, 15) is 9.59 Å². The molecule has 0 radical (unpaired) electrons. The lowest BCUT2D eigenvalue weighted by Crippen LogP contribution is -2.21. The molecule has 5 heteroatoms. The van der Waals surface area contributed by atoms with Crippen LogP contribution in [0.1, 0.15) is 35.8 Å². The number of carbonyl (C=O) groups excluding carboxylic acids is 2. The van der Waals surface area contributed by atoms with Gasteiger partial charge in [-0.2, -0.15) is 0 Å². The molecule has 1 heterocycles. The molecule has 0 fully saturated rings. The Balaban J connectivity index is 1.64. The number of rotatable bonds is 5. The third-order valence-corrected chi connectivity index (χ3v) is 4.04. The van der Waals surface area contributed by atoms with E-state index in [0.717, 1.165) is 10.9 Å². The number of carbonyl (C=O) groups is 2. The molecule has 0 spiro atoms. The van der Waals surface area contributed by atoms with Gasteiger partial charge in [-0.15, -0.1) is 0 Å². The topological polar surface area (TPSA) is 68.3 Å². The Labute approximate surface area is 152 Å². The van der Waals surface area contributed by atoms with Gasteiger partial charge in [0.25, 0.3) is 5.91 Å². The molecule has 132 valence electrons. The summed E-state index contributed by atoms with van der Waals surface area (Å²) in [5, 5.41) is 4.34. The zero-order valence-corrected chi connectivity index (χ0v) is 14.7. The minimum Gasteiger partial charge on any atom is -0.451 e. The number of aromatic nitrogens is 1. The Kier molecular flexibility index (Phi) is 5.27. The van der Waals surface area contributed by atoms with Crippen LogP contribution < -0.4 is 5.32 Å². The number of nitrogens with zero attached hydrogens (tertiary/aromatic N) is 1. The first-order valence-corrected chi connectivity index (χ1v) is 8.45. The molecule has 1 N–H and O–H groups in total. The molecular weight excluding hydrogens is 328 g/mol. The number of benzene rings is 2. The van der Waals surface area contributed by atoms with E-state index in [2.05, 4.69) is 24.1 Å². The van der Waals surface area contributed by atoms with Gasteiger partial charge in [-0.05, 0) is 35.1 Å². The van der Waals surface area contributed by atoms with Crippen molar-refractivity contribution in [3.05, 3.63) is 72.1 Å². The standard InChI is InChI=1S/C21H20N2O3/c1-14(2)16-7-5-8-17(12-16)23-19(24)13-26-21(25)20-18-9-4-3-6-15(18)10-11-22-20/h3-12,14H,13H2,1-2H3,(H,23,24). The molecular formula is C21H20N2O3. The van der Waals surface area contributed by atoms with Gasteiger partial charge >= 0.3 is 5.97 Å². The van der Waals surface area contributed by atoms with Crippen molar-refractivity contribution in [1.82, 2.24) is 4.98 Å². The monoisotopic (exact) mass is 348 g/mol. The van der Waals surface area contributed by atoms with Crippen LogP contribution in [0.5, 0.6) is 0 Å². The average Bonchev–Trinajstić information content (AvgIpc) is 2.66. The molecule has 0 aliphatic rings. The van der Waals surface area contributed by atoms with Crippen LogP contribution in [0.3, 0.4) is 0 Å². The van der Waals surface area contributed by atoms with Crippen molar-refractivity contribution in [3.63, 3.8) is 0 Å². The van der Waals surface area contributed by atoms with E-state index in [-0.39, 0.29) is 18.2 Å². The predicted octanol–water partition coefficient (Wildman–Crippen LogP) is 4.15. The van der Waals surface area contributed by atoms with Gasteiger partial charge in [-0.25, -0.2) is 9.78 Å². The van der Waals surface area contributed by atoms with Crippen LogP contribution in [0.2, 0.25) is 0 Å². The number of hydrogen-bond donors (Lipinski definition) is 1. The van der Waals surface area contributed by atoms with Gasteiger partial charge in [0.15, 0.2) is 12.3 Å². The van der Waals surface area contributed by atoms with E-state index in [0.29, 0.717) is 17.0 Å². The lowest BCUT2D eigenvalue weighted by atomic mass is 10.0. The second kappa shape index (κ2) is 7.78. The number of nitrogens with one attached hydrogen (secondary N) is 1. The molecule has 0 atom stereocenters. The van der Waals surface area contributed by atoms with Gasteiger partial charge in [-0.1, -0.05) is 50.2 Å². The van der Waals surface area contributed by atoms with Crippen LogP contribution >= 0.6 is 0 Å². The molecule has 0 saturated carbocycles. The zero-order valence-electron chi connectivity index (χ0n) is 14.7. The lowest BCUT2D eigenvalue weighted by molar-refractivity contribution is -0.119. The fourth-order valence-corrected chi connectivity index (χ4v) is 2.65. The fourth-order valence-electron chi connectivity index (χ4n) is 2.65. The van der Waals surface area contributed by atoms with Crippen molar-refractivity contribution in [2.75, 3.05) is 11.9 Å². The molecule has 0 bridgehead atoms. The molecule has 0 aliphatic heterocycles. The van der Waals surface area contributed by atoms with E-state index >= 15 is 0 Å². The second-order valence-corrected chi connectivity index (χ2v) is 6.29. The largest absolute Gasteiger partial charge is 0.451 e. The van der Waals surface area contributed by atoms with Crippen molar-refractivity contribution in [2.24, 2.45) is 0 Å². The highest BCUT2D eigenvalue weighted by Gasteiger charge is 2.15. The predicted molar refractivity (Wildman–Crippen MR) is 101 cm³/mol. The highest BCUT2D eigenvalue weighted by atomic mass is 16.5. The number of amides is 1. The zero-order chi connectivity index (χ0) is 18.5. The van der Waals surface area contributed by atoms with Gasteiger partial charge in [0, 0.05) is 17.3 Å². The molecule has 2 aromatic carbocycles. The molecule has 0 saturated heterocycles. The number of ether oxygens (including phenoxy) is 1. The van der Waals surface area contributed by atoms with Crippen molar-refractivity contribution >= 4 is 28.3 Å². The average molecular weight is 348 g/mol. The molecule has 0 unspecified atom stereocenters. The van der Waals surface area contributed by atoms with Crippen molar-refractivity contribution < 1.29 is 14.3 Å². The molecule has 1 aromatic heterocycles. The first-order chi connectivity index (χ1) is 12.5. The Bertz CT molecular complexity index is 945. The number of pyridine rings is 1. The maximum absolute atomic E-state index is 12.3. The lowest BCUT2D eigenvalue weighted by Gasteiger charge is -2.10. The molecule has 3 rings (SSSR count). The van der Waals surface area contributed by atoms with Crippen LogP contribution in [-0.2, 0) is 9.53 Å². The summed E-state index contributed by atoms with van der Waals surface area (Å²) in [6.07, 6.45) is 1.55. The van der Waals surface area contributed by atoms with Crippen LogP contribution in [0.4, 0.5) is 5.69 Å². The van der Waals surface area contributed by atoms with Gasteiger partial charge in [0.05, 0.1) is 0 Å².